The Morgan fingerprint density at radius 3 is 1.15 bits per heavy atom. The Morgan fingerprint density at radius 1 is 0.520 bits per heavy atom. The molecule has 11 rings (SSSR count). The van der Waals surface area contributed by atoms with Gasteiger partial charge in [0.2, 0.25) is 17.7 Å². The zero-order valence-corrected chi connectivity index (χ0v) is 69.5. The molecule has 8 heterocycles. The average Bonchev–Trinajstić information content (AvgIpc) is 1.14. The van der Waals surface area contributed by atoms with Crippen molar-refractivity contribution in [1.82, 2.24) is 61.1 Å². The Balaban J connectivity index is 0.000000175. The number of nitrogens with one attached hydrogen (secondary N) is 6. The van der Waals surface area contributed by atoms with Gasteiger partial charge < -0.3 is 20.5 Å². The van der Waals surface area contributed by atoms with Crippen LogP contribution >= 0.6 is 101 Å². The van der Waals surface area contributed by atoms with Crippen molar-refractivity contribution in [2.75, 3.05) is 37.1 Å². The smallest absolute Gasteiger partial charge is 0.280 e. The van der Waals surface area contributed by atoms with Crippen molar-refractivity contribution in [3.8, 4) is 10.6 Å². The van der Waals surface area contributed by atoms with Crippen LogP contribution in [0.2, 0.25) is 28.4 Å². The number of anilines is 3. The van der Waals surface area contributed by atoms with Crippen molar-refractivity contribution >= 4 is 188 Å². The average molecular weight is 1820 g/mol. The molecule has 3 aromatic carbocycles. The van der Waals surface area contributed by atoms with E-state index < -0.39 is 120 Å². The molecule has 40 heteroatoms. The molecule has 5 aromatic heterocycles. The summed E-state index contributed by atoms with van der Waals surface area (Å²) in [6.45, 7) is 6.98. The molecule has 102 heavy (non-hydrogen) atoms. The Bertz CT molecular complexity index is 4430. The molecular weight excluding hydrogens is 1750 g/mol. The Labute approximate surface area is 639 Å². The minimum atomic E-state index is -3.93. The summed E-state index contributed by atoms with van der Waals surface area (Å²) in [4.78, 5) is 60.7. The molecule has 8 aromatic rings. The Hall–Kier alpha value is -4.59. The topological polar surface area (TPSA) is 310 Å². The minimum Gasteiger partial charge on any atom is -0.340 e. The molecule has 6 N–H and O–H groups in total. The van der Waals surface area contributed by atoms with Gasteiger partial charge in [0.15, 0.2) is 0 Å². The van der Waals surface area contributed by atoms with Gasteiger partial charge in [-0.25, -0.2) is 33.1 Å². The molecule has 0 spiro atoms. The number of hydrogen-bond donors (Lipinski definition) is 6. The van der Waals surface area contributed by atoms with Crippen molar-refractivity contribution in [2.24, 2.45) is 14.1 Å². The van der Waals surface area contributed by atoms with Crippen molar-refractivity contribution < 1.29 is 52.8 Å². The van der Waals surface area contributed by atoms with Gasteiger partial charge in [-0.15, -0.1) is 34.0 Å². The molecule has 0 unspecified atom stereocenters. The fourth-order valence-corrected chi connectivity index (χ4v) is 34.7. The van der Waals surface area contributed by atoms with Crippen LogP contribution in [0.25, 0.3) is 10.6 Å². The number of benzene rings is 3. The van der Waals surface area contributed by atoms with Gasteiger partial charge in [0.25, 0.3) is 30.6 Å². The van der Waals surface area contributed by atoms with Gasteiger partial charge in [0, 0.05) is 57.6 Å². The van der Waals surface area contributed by atoms with Crippen LogP contribution < -0.4 is 33.8 Å². The summed E-state index contributed by atoms with van der Waals surface area (Å²) in [5.74, 6) is -3.47. The number of nitrogens with zero attached hydrogens (tertiary/aromatic N) is 10. The third kappa shape index (κ3) is 21.8. The first-order chi connectivity index (χ1) is 48.2. The van der Waals surface area contributed by atoms with Crippen molar-refractivity contribution in [1.29, 1.82) is 0 Å². The largest absolute Gasteiger partial charge is 0.340 e. The molecule has 554 valence electrons. The van der Waals surface area contributed by atoms with Crippen LogP contribution in [0.4, 0.5) is 30.2 Å². The first kappa shape index (κ1) is 83.1. The number of imidazole rings is 2. The van der Waals surface area contributed by atoms with Gasteiger partial charge in [-0.1, -0.05) is 34.8 Å². The summed E-state index contributed by atoms with van der Waals surface area (Å²) in [6, 6.07) is 6.36. The Morgan fingerprint density at radius 2 is 0.853 bits per heavy atom. The second kappa shape index (κ2) is 36.8. The summed E-state index contributed by atoms with van der Waals surface area (Å²) in [5.41, 5.74) is 1.55. The number of carbonyl (C=O) groups is 3. The van der Waals surface area contributed by atoms with Crippen LogP contribution in [0.3, 0.4) is 0 Å². The Kier molecular flexibility index (Phi) is 30.0. The van der Waals surface area contributed by atoms with E-state index in [2.05, 4.69) is 120 Å². The quantitative estimate of drug-likeness (QED) is 0.0387. The maximum Gasteiger partial charge on any atom is 0.280 e. The van der Waals surface area contributed by atoms with Gasteiger partial charge in [-0.05, 0) is 106 Å². The van der Waals surface area contributed by atoms with E-state index in [0.717, 1.165) is 49.3 Å². The van der Waals surface area contributed by atoms with Crippen LogP contribution in [0.15, 0.2) is 106 Å². The van der Waals surface area contributed by atoms with Crippen molar-refractivity contribution in [2.45, 2.75) is 128 Å². The predicted molar refractivity (Wildman–Crippen MR) is 405 cm³/mol. The third-order valence-corrected chi connectivity index (χ3v) is 41.8. The van der Waals surface area contributed by atoms with Crippen LogP contribution in [0.5, 0.6) is 0 Å². The monoisotopic (exact) mass is 1820 g/mol. The summed E-state index contributed by atoms with van der Waals surface area (Å²) in [5, 5.41) is 8.96. The predicted octanol–water partition coefficient (Wildman–Crippen LogP) is 12.9. The van der Waals surface area contributed by atoms with E-state index in [9.17, 15) is 52.8 Å². The zero-order chi connectivity index (χ0) is 74.6. The summed E-state index contributed by atoms with van der Waals surface area (Å²) >= 11 is 25.4. The first-order valence-corrected chi connectivity index (χ1v) is 48.8. The number of carbonyl (C=O) groups excluding carboxylic acids is 3. The molecule has 3 aliphatic heterocycles. The number of thiazole rings is 3. The second-order valence-electron chi connectivity index (χ2n) is 24.2. The van der Waals surface area contributed by atoms with Crippen LogP contribution in [0, 0.1) is 17.5 Å². The summed E-state index contributed by atoms with van der Waals surface area (Å²) in [7, 11) is -3.73. The standard InChI is InChI=1S/C18H18ClFN6O3S2.2C14H13BrClFN4O3S2.C4H5N2.3C4H9.Sn/c1-25-8-14(22-9-25)16-7-21-18(30-16)13-6-15(26(2)31(28,29)24-13)17(27)23-10-3-4-12(20)11(19)5-10;2*1-21-11(13(22)19-7-2-3-9(17)8(16)4-7)5-10(20-26(21,23)24)14-18-6-12(15)25-14;1-6-3-2-5-4-6;3*1-3-4-2;/h3-5,7-9,13,15,24H,6H2,1-2H3,(H,23,27);2*2-4,6,10-11,20H,5H2,1H3,(H,19,22);3-4H,1H3;3*1,3-4H2,2H3;/t13-,15-;10-,11+;10-,11-;;;;;/m111...../s1. The van der Waals surface area contributed by atoms with Crippen LogP contribution in [-0.2, 0) is 59.1 Å². The van der Waals surface area contributed by atoms with Crippen LogP contribution in [-0.4, -0.2) is 148 Å². The van der Waals surface area contributed by atoms with Gasteiger partial charge in [-0.3, -0.25) is 14.4 Å². The molecule has 3 fully saturated rings. The molecule has 0 radical (unpaired) electrons. The molecule has 0 aliphatic carbocycles. The van der Waals surface area contributed by atoms with Gasteiger partial charge in [0.1, 0.15) is 50.6 Å². The fourth-order valence-electron chi connectivity index (χ4n) is 11.2. The second-order valence-corrected chi connectivity index (χ2v) is 49.7. The number of hydrogen-bond acceptors (Lipinski definition) is 17. The van der Waals surface area contributed by atoms with E-state index in [1.807, 2.05) is 19.6 Å². The summed E-state index contributed by atoms with van der Waals surface area (Å²) < 4.78 is 137. The van der Waals surface area contributed by atoms with E-state index >= 15 is 0 Å². The normalized spacial score (nSPS) is 20.4. The number of aromatic nitrogens is 7. The maximum atomic E-state index is 13.4. The van der Waals surface area contributed by atoms with Crippen molar-refractivity contribution in [3.05, 3.63) is 153 Å². The molecule has 0 bridgehead atoms. The van der Waals surface area contributed by atoms with E-state index in [1.54, 1.807) is 33.2 Å². The van der Waals surface area contributed by atoms with Crippen molar-refractivity contribution in [3.63, 3.8) is 0 Å². The molecule has 3 amide bonds. The van der Waals surface area contributed by atoms with Gasteiger partial charge >= 0.3 is 124 Å². The molecule has 6 atom stereocenters. The number of likely N-dealkylation sites (N-methyl/N-ethyl adjacent to an activating group) is 3. The number of halogens is 8. The third-order valence-electron chi connectivity index (χ3n) is 16.8. The van der Waals surface area contributed by atoms with E-state index in [-0.39, 0.29) is 51.4 Å². The number of amides is 3. The minimum absolute atomic E-state index is 0.139. The SMILES string of the molecule is CCC[CH2][Sn]([CH2]CCC)([CH2]CCC)[c]1cn(C)cn1.CN1[C@@H](C(=O)Nc2ccc(F)c(Cl)c2)C[C@H](c2ncc(-c3cn(C)cn3)s2)NS1(=O)=O.CN1[C@@H](C(=O)Nc2ccc(F)c(Cl)c2)C[C@H](c2ncc(Br)s2)NS1(=O)=O.CN1[C@H](C(=O)Nc2ccc(F)c(Cl)c2)C[C@H](c2ncc(Br)s2)NS1(=O)=O. The first-order valence-electron chi connectivity index (χ1n) is 31.8. The van der Waals surface area contributed by atoms with Gasteiger partial charge in [-0.2, -0.15) is 52.3 Å². The van der Waals surface area contributed by atoms with Gasteiger partial charge in [0.05, 0.1) is 70.1 Å². The molecular formula is C62H76Br2Cl3F3N16O9S6Sn. The summed E-state index contributed by atoms with van der Waals surface area (Å²) in [6.07, 6.45) is 21.4. The number of unbranched alkanes of at least 4 members (excludes halogenated alkanes) is 3. The molecule has 25 nitrogen and oxygen atoms in total. The number of aryl methyl sites for hydroxylation is 2. The van der Waals surface area contributed by atoms with Crippen LogP contribution in [0.1, 0.15) is 112 Å². The maximum absolute atomic E-state index is 13.4. The molecule has 3 saturated heterocycles. The number of rotatable bonds is 20. The zero-order valence-electron chi connectivity index (χ0n) is 56.3. The molecule has 3 aliphatic rings. The van der Waals surface area contributed by atoms with E-state index in [4.69, 9.17) is 39.8 Å². The molecule has 0 saturated carbocycles. The van der Waals surface area contributed by atoms with E-state index in [1.165, 1.54) is 143 Å². The van der Waals surface area contributed by atoms with E-state index in [0.29, 0.717) is 15.0 Å². The fraction of sp³-hybridized carbons (Fsp3) is 0.419.